The standard InChI is InChI=1S/C28H52N5O7P/c1-17(2)12-21(25(35)31-22(13-18(3)4)26(36)29-8)15-41(39,40)16-30-27(37)23(14-19(5)6)32-28(38)24-10-9-11-33(24)20(7)34/h17-19,21-24H,9-16H2,1-8H3,(H,29,36)(H,30,37)(H,31,35)(H,32,38)(H,39,40)/t21?,22-,23-,24-/m0/s1. The minimum Gasteiger partial charge on any atom is -0.357 e. The van der Waals surface area contributed by atoms with Crippen molar-refractivity contribution in [3.05, 3.63) is 0 Å². The fraction of sp³-hybridized carbons (Fsp3) is 0.821. The molecular weight excluding hydrogens is 549 g/mol. The lowest BCUT2D eigenvalue weighted by atomic mass is 9.96. The Bertz CT molecular complexity index is 971. The Morgan fingerprint density at radius 1 is 0.854 bits per heavy atom. The lowest BCUT2D eigenvalue weighted by Crippen LogP contribution is -2.53. The molecule has 1 aliphatic rings. The number of nitrogens with zero attached hydrogens (tertiary/aromatic N) is 1. The van der Waals surface area contributed by atoms with Crippen LogP contribution in [0.3, 0.4) is 0 Å². The summed E-state index contributed by atoms with van der Waals surface area (Å²) >= 11 is 0. The van der Waals surface area contributed by atoms with Crippen LogP contribution in [0.2, 0.25) is 0 Å². The van der Waals surface area contributed by atoms with Crippen LogP contribution in [0.15, 0.2) is 0 Å². The third-order valence-corrected chi connectivity index (χ3v) is 8.68. The van der Waals surface area contributed by atoms with E-state index in [2.05, 4.69) is 21.3 Å². The smallest absolute Gasteiger partial charge is 0.243 e. The average molecular weight is 602 g/mol. The predicted molar refractivity (Wildman–Crippen MR) is 158 cm³/mol. The zero-order valence-corrected chi connectivity index (χ0v) is 26.9. The van der Waals surface area contributed by atoms with Crippen LogP contribution < -0.4 is 21.3 Å². The second-order valence-corrected chi connectivity index (χ2v) is 14.8. The summed E-state index contributed by atoms with van der Waals surface area (Å²) in [6, 6.07) is -2.36. The van der Waals surface area contributed by atoms with Crippen molar-refractivity contribution in [1.82, 2.24) is 26.2 Å². The topological polar surface area (TPSA) is 174 Å². The summed E-state index contributed by atoms with van der Waals surface area (Å²) in [5.41, 5.74) is 0. The van der Waals surface area contributed by atoms with Gasteiger partial charge in [-0.25, -0.2) is 0 Å². The van der Waals surface area contributed by atoms with Crippen LogP contribution in [-0.2, 0) is 28.5 Å². The van der Waals surface area contributed by atoms with E-state index in [9.17, 15) is 33.4 Å². The summed E-state index contributed by atoms with van der Waals surface area (Å²) < 4.78 is 13.2. The van der Waals surface area contributed by atoms with E-state index in [1.54, 1.807) is 0 Å². The van der Waals surface area contributed by atoms with Crippen molar-refractivity contribution >= 4 is 36.9 Å². The van der Waals surface area contributed by atoms with Crippen molar-refractivity contribution < 1.29 is 33.4 Å². The summed E-state index contributed by atoms with van der Waals surface area (Å²) in [5, 5.41) is 10.5. The van der Waals surface area contributed by atoms with Crippen molar-refractivity contribution in [3.8, 4) is 0 Å². The van der Waals surface area contributed by atoms with Crippen LogP contribution in [0, 0.1) is 23.7 Å². The van der Waals surface area contributed by atoms with Gasteiger partial charge in [-0.15, -0.1) is 0 Å². The second-order valence-electron chi connectivity index (χ2n) is 12.4. The largest absolute Gasteiger partial charge is 0.357 e. The molecule has 41 heavy (non-hydrogen) atoms. The van der Waals surface area contributed by atoms with E-state index in [0.717, 1.165) is 0 Å². The summed E-state index contributed by atoms with van der Waals surface area (Å²) in [6.45, 7) is 13.3. The van der Waals surface area contributed by atoms with Crippen LogP contribution >= 0.6 is 7.37 Å². The number of likely N-dealkylation sites (tertiary alicyclic amines) is 1. The lowest BCUT2D eigenvalue weighted by Gasteiger charge is -2.27. The van der Waals surface area contributed by atoms with E-state index in [4.69, 9.17) is 0 Å². The third kappa shape index (κ3) is 12.9. The highest BCUT2D eigenvalue weighted by Crippen LogP contribution is 2.42. The van der Waals surface area contributed by atoms with Gasteiger partial charge in [0.2, 0.25) is 36.9 Å². The molecule has 0 saturated carbocycles. The quantitative estimate of drug-likeness (QED) is 0.168. The molecule has 0 aromatic heterocycles. The second kappa shape index (κ2) is 16.9. The first kappa shape index (κ1) is 36.6. The molecule has 0 spiro atoms. The zero-order chi connectivity index (χ0) is 31.5. The van der Waals surface area contributed by atoms with Crippen LogP contribution in [0.4, 0.5) is 0 Å². The molecule has 0 aliphatic carbocycles. The number of nitrogens with one attached hydrogen (secondary N) is 4. The van der Waals surface area contributed by atoms with Crippen molar-refractivity contribution in [2.45, 2.75) is 98.7 Å². The van der Waals surface area contributed by atoms with E-state index in [0.29, 0.717) is 38.6 Å². The SMILES string of the molecule is CNC(=O)[C@H](CC(C)C)NC(=O)C(CC(C)C)CP(=O)(O)CNC(=O)[C@H](CC(C)C)NC(=O)[C@@H]1CCCN1C(C)=O. The normalized spacial score (nSPS) is 18.9. The van der Waals surface area contributed by atoms with Crippen LogP contribution in [-0.4, -0.2) is 83.5 Å². The molecule has 0 bridgehead atoms. The molecule has 1 aliphatic heterocycles. The molecule has 1 fully saturated rings. The maximum atomic E-state index is 13.2. The molecule has 5 N–H and O–H groups in total. The first-order valence-corrected chi connectivity index (χ1v) is 16.7. The van der Waals surface area contributed by atoms with Gasteiger partial charge in [-0.3, -0.25) is 28.5 Å². The van der Waals surface area contributed by atoms with E-state index in [-0.39, 0.29) is 35.7 Å². The van der Waals surface area contributed by atoms with Gasteiger partial charge in [0.25, 0.3) is 0 Å². The zero-order valence-electron chi connectivity index (χ0n) is 26.0. The Hall–Kier alpha value is -2.46. The summed E-state index contributed by atoms with van der Waals surface area (Å²) in [6.07, 6.45) is 1.31. The number of rotatable bonds is 16. The molecule has 12 nitrogen and oxygen atoms in total. The lowest BCUT2D eigenvalue weighted by molar-refractivity contribution is -0.138. The van der Waals surface area contributed by atoms with Gasteiger partial charge in [0, 0.05) is 32.6 Å². The Morgan fingerprint density at radius 3 is 1.88 bits per heavy atom. The Balaban J connectivity index is 2.94. The molecular formula is C28H52N5O7P. The Labute approximate surface area is 245 Å². The predicted octanol–water partition coefficient (Wildman–Crippen LogP) is 1.81. The minimum atomic E-state index is -4.02. The number of amides is 5. The molecule has 0 aromatic carbocycles. The number of hydrogen-bond donors (Lipinski definition) is 5. The van der Waals surface area contributed by atoms with Gasteiger partial charge in [0.1, 0.15) is 18.1 Å². The molecule has 236 valence electrons. The van der Waals surface area contributed by atoms with Gasteiger partial charge in [-0.05, 0) is 49.9 Å². The van der Waals surface area contributed by atoms with Crippen LogP contribution in [0.25, 0.3) is 0 Å². The highest BCUT2D eigenvalue weighted by molar-refractivity contribution is 7.58. The first-order chi connectivity index (χ1) is 19.0. The van der Waals surface area contributed by atoms with Crippen LogP contribution in [0.5, 0.6) is 0 Å². The van der Waals surface area contributed by atoms with Crippen molar-refractivity contribution in [2.75, 3.05) is 26.0 Å². The van der Waals surface area contributed by atoms with Gasteiger partial charge >= 0.3 is 0 Å². The van der Waals surface area contributed by atoms with Gasteiger partial charge in [0.05, 0.1) is 6.29 Å². The van der Waals surface area contributed by atoms with Gasteiger partial charge < -0.3 is 31.1 Å². The molecule has 0 radical (unpaired) electrons. The molecule has 2 unspecified atom stereocenters. The van der Waals surface area contributed by atoms with E-state index < -0.39 is 55.4 Å². The van der Waals surface area contributed by atoms with Crippen LogP contribution in [0.1, 0.15) is 80.6 Å². The number of carbonyl (C=O) groups excluding carboxylic acids is 5. The average Bonchev–Trinajstić information content (AvgIpc) is 3.35. The molecule has 0 aromatic rings. The number of hydrogen-bond acceptors (Lipinski definition) is 6. The number of carbonyl (C=O) groups is 5. The molecule has 13 heteroatoms. The molecule has 1 heterocycles. The monoisotopic (exact) mass is 601 g/mol. The molecule has 1 saturated heterocycles. The minimum absolute atomic E-state index is 0.0395. The van der Waals surface area contributed by atoms with E-state index in [1.807, 2.05) is 41.5 Å². The maximum Gasteiger partial charge on any atom is 0.243 e. The van der Waals surface area contributed by atoms with Crippen molar-refractivity contribution in [1.29, 1.82) is 0 Å². The maximum absolute atomic E-state index is 13.2. The Kier molecular flexibility index (Phi) is 15.0. The van der Waals surface area contributed by atoms with Crippen molar-refractivity contribution in [2.24, 2.45) is 23.7 Å². The van der Waals surface area contributed by atoms with Gasteiger partial charge in [0.15, 0.2) is 0 Å². The highest BCUT2D eigenvalue weighted by Gasteiger charge is 2.36. The first-order valence-electron chi connectivity index (χ1n) is 14.6. The highest BCUT2D eigenvalue weighted by atomic mass is 31.2. The fourth-order valence-electron chi connectivity index (χ4n) is 5.12. The van der Waals surface area contributed by atoms with E-state index >= 15 is 0 Å². The van der Waals surface area contributed by atoms with Gasteiger partial charge in [-0.1, -0.05) is 41.5 Å². The summed E-state index contributed by atoms with van der Waals surface area (Å²) in [7, 11) is -2.54. The van der Waals surface area contributed by atoms with E-state index in [1.165, 1.54) is 18.9 Å². The molecule has 5 amide bonds. The number of likely N-dealkylation sites (N-methyl/N-ethyl adjacent to an activating group) is 1. The Morgan fingerprint density at radius 2 is 1.39 bits per heavy atom. The summed E-state index contributed by atoms with van der Waals surface area (Å²) in [4.78, 5) is 75.7. The molecule has 5 atom stereocenters. The fourth-order valence-corrected chi connectivity index (χ4v) is 6.66. The third-order valence-electron chi connectivity index (χ3n) is 7.02. The van der Waals surface area contributed by atoms with Crippen molar-refractivity contribution in [3.63, 3.8) is 0 Å². The summed E-state index contributed by atoms with van der Waals surface area (Å²) in [5.74, 6) is -2.67. The van der Waals surface area contributed by atoms with Gasteiger partial charge in [-0.2, -0.15) is 0 Å². The molecule has 1 rings (SSSR count).